The molecule has 1 rings (SSSR count). The molecule has 0 radical (unpaired) electrons. The zero-order chi connectivity index (χ0) is 12.2. The van der Waals surface area contributed by atoms with Gasteiger partial charge in [-0.25, -0.2) is 0 Å². The molecule has 1 aliphatic rings. The topological polar surface area (TPSA) is 50.8 Å². The molecule has 1 aliphatic heterocycles. The quantitative estimate of drug-likeness (QED) is 0.730. The van der Waals surface area contributed by atoms with Crippen molar-refractivity contribution in [2.75, 3.05) is 40.4 Å². The fourth-order valence-electron chi connectivity index (χ4n) is 2.09. The van der Waals surface area contributed by atoms with E-state index in [1.807, 2.05) is 13.8 Å². The molecule has 5 heteroatoms. The number of methoxy groups -OCH3 is 1. The summed E-state index contributed by atoms with van der Waals surface area (Å²) in [6, 6.07) is 0. The molecule has 0 aromatic heterocycles. The fourth-order valence-corrected chi connectivity index (χ4v) is 2.09. The van der Waals surface area contributed by atoms with E-state index in [1.165, 1.54) is 0 Å². The highest BCUT2D eigenvalue weighted by molar-refractivity contribution is 5.77. The van der Waals surface area contributed by atoms with Crippen molar-refractivity contribution < 1.29 is 14.3 Å². The summed E-state index contributed by atoms with van der Waals surface area (Å²) >= 11 is 0. The first-order valence-electron chi connectivity index (χ1n) is 5.56. The number of likely N-dealkylation sites (N-methyl/N-ethyl adjacent to an activating group) is 1. The minimum absolute atomic E-state index is 0.0360. The van der Waals surface area contributed by atoms with Crippen LogP contribution in [0.25, 0.3) is 0 Å². The number of ether oxygens (including phenoxy) is 2. The maximum absolute atomic E-state index is 11.3. The molecular formula is C11H22N2O3. The van der Waals surface area contributed by atoms with Gasteiger partial charge in [0.2, 0.25) is 5.91 Å². The van der Waals surface area contributed by atoms with Crippen molar-refractivity contribution >= 4 is 5.91 Å². The van der Waals surface area contributed by atoms with E-state index in [0.29, 0.717) is 13.2 Å². The molecule has 0 bridgehead atoms. The van der Waals surface area contributed by atoms with Gasteiger partial charge in [-0.1, -0.05) is 0 Å². The number of amides is 1. The molecule has 1 atom stereocenters. The average molecular weight is 230 g/mol. The first-order valence-corrected chi connectivity index (χ1v) is 5.56. The Labute approximate surface area is 97.1 Å². The first-order chi connectivity index (χ1) is 7.46. The van der Waals surface area contributed by atoms with Gasteiger partial charge < -0.3 is 14.8 Å². The van der Waals surface area contributed by atoms with Crippen molar-refractivity contribution in [2.24, 2.45) is 0 Å². The number of carbonyl (C=O) groups is 1. The number of rotatable bonds is 4. The Kier molecular flexibility index (Phi) is 4.70. The van der Waals surface area contributed by atoms with Crippen LogP contribution in [0, 0.1) is 0 Å². The van der Waals surface area contributed by atoms with Gasteiger partial charge in [-0.05, 0) is 13.8 Å². The Morgan fingerprint density at radius 3 is 2.88 bits per heavy atom. The molecule has 1 saturated heterocycles. The van der Waals surface area contributed by atoms with Crippen LogP contribution in [0.2, 0.25) is 0 Å². The van der Waals surface area contributed by atoms with E-state index in [1.54, 1.807) is 14.2 Å². The number of hydrogen-bond donors (Lipinski definition) is 1. The Balaban J connectivity index is 2.54. The van der Waals surface area contributed by atoms with Crippen LogP contribution in [-0.2, 0) is 14.3 Å². The van der Waals surface area contributed by atoms with Gasteiger partial charge in [0.05, 0.1) is 24.9 Å². The van der Waals surface area contributed by atoms with E-state index in [-0.39, 0.29) is 17.6 Å². The molecule has 0 aromatic rings. The molecule has 1 fully saturated rings. The Morgan fingerprint density at radius 1 is 1.62 bits per heavy atom. The highest BCUT2D eigenvalue weighted by Gasteiger charge is 2.33. The Morgan fingerprint density at radius 2 is 2.31 bits per heavy atom. The summed E-state index contributed by atoms with van der Waals surface area (Å²) in [5.74, 6) is 0.0360. The fraction of sp³-hybridized carbons (Fsp3) is 0.909. The van der Waals surface area contributed by atoms with Crippen molar-refractivity contribution in [3.63, 3.8) is 0 Å². The second-order valence-electron chi connectivity index (χ2n) is 4.80. The summed E-state index contributed by atoms with van der Waals surface area (Å²) in [4.78, 5) is 13.4. The Bertz CT molecular complexity index is 243. The third kappa shape index (κ3) is 4.08. The largest absolute Gasteiger partial charge is 0.382 e. The standard InChI is InChI=1S/C11H22N2O3/c1-11(2)8-13(6-10(14)12-3)5-9(16-11)7-15-4/h9H,5-8H2,1-4H3,(H,12,14). The van der Waals surface area contributed by atoms with Crippen molar-refractivity contribution in [3.05, 3.63) is 0 Å². The van der Waals surface area contributed by atoms with E-state index in [2.05, 4.69) is 10.2 Å². The number of hydrogen-bond acceptors (Lipinski definition) is 4. The maximum Gasteiger partial charge on any atom is 0.233 e. The minimum Gasteiger partial charge on any atom is -0.382 e. The molecule has 0 saturated carbocycles. The van der Waals surface area contributed by atoms with Crippen molar-refractivity contribution in [2.45, 2.75) is 25.6 Å². The molecule has 1 N–H and O–H groups in total. The summed E-state index contributed by atoms with van der Waals surface area (Å²) < 4.78 is 11.0. The molecule has 1 unspecified atom stereocenters. The smallest absolute Gasteiger partial charge is 0.233 e. The summed E-state index contributed by atoms with van der Waals surface area (Å²) in [7, 11) is 3.31. The van der Waals surface area contributed by atoms with E-state index < -0.39 is 0 Å². The molecule has 0 spiro atoms. The van der Waals surface area contributed by atoms with Gasteiger partial charge in [-0.15, -0.1) is 0 Å². The van der Waals surface area contributed by atoms with Crippen LogP contribution < -0.4 is 5.32 Å². The lowest BCUT2D eigenvalue weighted by atomic mass is 10.1. The monoisotopic (exact) mass is 230 g/mol. The molecule has 0 aliphatic carbocycles. The van der Waals surface area contributed by atoms with E-state index in [9.17, 15) is 4.79 Å². The van der Waals surface area contributed by atoms with Gasteiger partial charge in [0.25, 0.3) is 0 Å². The van der Waals surface area contributed by atoms with Gasteiger partial charge in [0.1, 0.15) is 0 Å². The molecule has 0 aromatic carbocycles. The highest BCUT2D eigenvalue weighted by Crippen LogP contribution is 2.20. The van der Waals surface area contributed by atoms with Gasteiger partial charge >= 0.3 is 0 Å². The summed E-state index contributed by atoms with van der Waals surface area (Å²) in [5, 5.41) is 2.63. The molecule has 5 nitrogen and oxygen atoms in total. The van der Waals surface area contributed by atoms with Gasteiger partial charge in [-0.2, -0.15) is 0 Å². The van der Waals surface area contributed by atoms with Crippen LogP contribution >= 0.6 is 0 Å². The zero-order valence-electron chi connectivity index (χ0n) is 10.6. The van der Waals surface area contributed by atoms with E-state index in [4.69, 9.17) is 9.47 Å². The molecule has 16 heavy (non-hydrogen) atoms. The van der Waals surface area contributed by atoms with E-state index >= 15 is 0 Å². The van der Waals surface area contributed by atoms with Crippen LogP contribution in [0.4, 0.5) is 0 Å². The molecule has 94 valence electrons. The van der Waals surface area contributed by atoms with Gasteiger partial charge in [-0.3, -0.25) is 9.69 Å². The van der Waals surface area contributed by atoms with Gasteiger partial charge in [0, 0.05) is 27.2 Å². The predicted molar refractivity (Wildman–Crippen MR) is 61.3 cm³/mol. The molecule has 1 heterocycles. The second-order valence-corrected chi connectivity index (χ2v) is 4.80. The van der Waals surface area contributed by atoms with Crippen molar-refractivity contribution in [1.82, 2.24) is 10.2 Å². The third-order valence-electron chi connectivity index (χ3n) is 2.55. The maximum atomic E-state index is 11.3. The number of morpholine rings is 1. The average Bonchev–Trinajstić information content (AvgIpc) is 2.15. The predicted octanol–water partition coefficient (Wildman–Crippen LogP) is -0.142. The zero-order valence-corrected chi connectivity index (χ0v) is 10.6. The highest BCUT2D eigenvalue weighted by atomic mass is 16.5. The first kappa shape index (κ1) is 13.4. The summed E-state index contributed by atoms with van der Waals surface area (Å²) in [5.41, 5.74) is -0.227. The van der Waals surface area contributed by atoms with Crippen LogP contribution in [-0.4, -0.2) is 62.9 Å². The molecule has 1 amide bonds. The second kappa shape index (κ2) is 5.61. The Hall–Kier alpha value is -0.650. The van der Waals surface area contributed by atoms with Crippen LogP contribution in [0.1, 0.15) is 13.8 Å². The third-order valence-corrected chi connectivity index (χ3v) is 2.55. The van der Waals surface area contributed by atoms with Crippen molar-refractivity contribution in [1.29, 1.82) is 0 Å². The van der Waals surface area contributed by atoms with Crippen LogP contribution in [0.3, 0.4) is 0 Å². The summed E-state index contributed by atoms with van der Waals surface area (Å²) in [6.45, 7) is 6.56. The lowest BCUT2D eigenvalue weighted by Crippen LogP contribution is -2.55. The van der Waals surface area contributed by atoms with Crippen LogP contribution in [0.15, 0.2) is 0 Å². The number of nitrogens with zero attached hydrogens (tertiary/aromatic N) is 1. The number of nitrogens with one attached hydrogen (secondary N) is 1. The number of carbonyl (C=O) groups excluding carboxylic acids is 1. The van der Waals surface area contributed by atoms with E-state index in [0.717, 1.165) is 13.1 Å². The lowest BCUT2D eigenvalue weighted by Gasteiger charge is -2.42. The van der Waals surface area contributed by atoms with Crippen LogP contribution in [0.5, 0.6) is 0 Å². The minimum atomic E-state index is -0.227. The lowest BCUT2D eigenvalue weighted by molar-refractivity contribution is -0.155. The van der Waals surface area contributed by atoms with Crippen molar-refractivity contribution in [3.8, 4) is 0 Å². The molecular weight excluding hydrogens is 208 g/mol. The summed E-state index contributed by atoms with van der Waals surface area (Å²) in [6.07, 6.45) is 0.0402. The van der Waals surface area contributed by atoms with Gasteiger partial charge in [0.15, 0.2) is 0 Å². The SMILES string of the molecule is CNC(=O)CN1CC(COC)OC(C)(C)C1. The normalized spacial score (nSPS) is 25.4.